The van der Waals surface area contributed by atoms with E-state index in [4.69, 9.17) is 9.47 Å². The van der Waals surface area contributed by atoms with Gasteiger partial charge in [-0.3, -0.25) is 9.59 Å². The Balaban J connectivity index is 1.70. The van der Waals surface area contributed by atoms with Gasteiger partial charge in [0.2, 0.25) is 0 Å². The zero-order chi connectivity index (χ0) is 21.7. The van der Waals surface area contributed by atoms with E-state index in [0.29, 0.717) is 24.9 Å². The quantitative estimate of drug-likeness (QED) is 0.549. The Morgan fingerprint density at radius 2 is 1.93 bits per heavy atom. The Bertz CT molecular complexity index is 757. The van der Waals surface area contributed by atoms with Gasteiger partial charge in [-0.1, -0.05) is 24.6 Å². The van der Waals surface area contributed by atoms with E-state index in [1.165, 1.54) is 13.8 Å². The lowest BCUT2D eigenvalue weighted by molar-refractivity contribution is -0.157. The topological polar surface area (TPSA) is 72.8 Å². The first-order valence-corrected chi connectivity index (χ1v) is 11.5. The van der Waals surface area contributed by atoms with Crippen LogP contribution in [0.3, 0.4) is 0 Å². The van der Waals surface area contributed by atoms with Crippen molar-refractivity contribution in [2.75, 3.05) is 6.61 Å². The average molecular weight is 417 g/mol. The molecular weight excluding hydrogens is 380 g/mol. The van der Waals surface area contributed by atoms with Crippen molar-refractivity contribution in [3.05, 3.63) is 24.3 Å². The Labute approximate surface area is 179 Å². The van der Waals surface area contributed by atoms with Gasteiger partial charge >= 0.3 is 11.9 Å². The maximum atomic E-state index is 11.7. The molecule has 3 saturated carbocycles. The van der Waals surface area contributed by atoms with Crippen molar-refractivity contribution in [2.24, 2.45) is 34.5 Å². The largest absolute Gasteiger partial charge is 0.465 e. The molecule has 1 N–H and O–H groups in total. The van der Waals surface area contributed by atoms with E-state index < -0.39 is 6.10 Å². The predicted molar refractivity (Wildman–Crippen MR) is 113 cm³/mol. The predicted octanol–water partition coefficient (Wildman–Crippen LogP) is 4.20. The fourth-order valence-electron chi connectivity index (χ4n) is 7.69. The smallest absolute Gasteiger partial charge is 0.302 e. The van der Waals surface area contributed by atoms with Gasteiger partial charge in [0.25, 0.3) is 0 Å². The monoisotopic (exact) mass is 416 g/mol. The van der Waals surface area contributed by atoms with E-state index in [-0.39, 0.29) is 40.7 Å². The summed E-state index contributed by atoms with van der Waals surface area (Å²) in [6.45, 7) is 9.74. The molecule has 8 atom stereocenters. The van der Waals surface area contributed by atoms with Gasteiger partial charge in [0.15, 0.2) is 0 Å². The van der Waals surface area contributed by atoms with Crippen LogP contribution >= 0.6 is 0 Å². The van der Waals surface area contributed by atoms with E-state index in [1.54, 1.807) is 0 Å². The highest BCUT2D eigenvalue weighted by molar-refractivity contribution is 5.66. The van der Waals surface area contributed by atoms with Crippen molar-refractivity contribution in [1.29, 1.82) is 0 Å². The lowest BCUT2D eigenvalue weighted by Gasteiger charge is -2.59. The highest BCUT2D eigenvalue weighted by atomic mass is 16.5. The maximum Gasteiger partial charge on any atom is 0.302 e. The Morgan fingerprint density at radius 1 is 1.17 bits per heavy atom. The standard InChI is InChI=1S/C25H36O5/c1-5-17-6-7-20-23-21(9-10-24(17,20)4)25(14-29-15(2)26)11-8-19(30-16(3)27)12-18(25)13-22(23)28/h5,13,17,19-23,28H,1,6-12,14H2,2-4H3/t17-,19+,20-,21-,22+,23-,24+,25+/m0/s1. The molecule has 5 heteroatoms. The molecule has 0 heterocycles. The van der Waals surface area contributed by atoms with Crippen LogP contribution in [-0.4, -0.2) is 35.9 Å². The van der Waals surface area contributed by atoms with Crippen LogP contribution in [0.4, 0.5) is 0 Å². The highest BCUT2D eigenvalue weighted by Gasteiger charge is 2.61. The van der Waals surface area contributed by atoms with E-state index in [0.717, 1.165) is 44.1 Å². The lowest BCUT2D eigenvalue weighted by Crippen LogP contribution is -2.57. The fraction of sp³-hybridized carbons (Fsp3) is 0.760. The van der Waals surface area contributed by atoms with Crippen molar-refractivity contribution in [3.8, 4) is 0 Å². The minimum atomic E-state index is -0.500. The molecule has 0 unspecified atom stereocenters. The summed E-state index contributed by atoms with van der Waals surface area (Å²) >= 11 is 0. The van der Waals surface area contributed by atoms with Gasteiger partial charge in [-0.15, -0.1) is 6.58 Å². The average Bonchev–Trinajstić information content (AvgIpc) is 3.02. The zero-order valence-corrected chi connectivity index (χ0v) is 18.6. The Kier molecular flexibility index (Phi) is 5.63. The molecule has 0 aromatic carbocycles. The van der Waals surface area contributed by atoms with Crippen LogP contribution in [0.2, 0.25) is 0 Å². The van der Waals surface area contributed by atoms with Gasteiger partial charge in [-0.05, 0) is 67.6 Å². The molecule has 0 saturated heterocycles. The molecule has 0 amide bonds. The molecule has 5 nitrogen and oxygen atoms in total. The minimum absolute atomic E-state index is 0.159. The van der Waals surface area contributed by atoms with Crippen molar-refractivity contribution >= 4 is 11.9 Å². The summed E-state index contributed by atoms with van der Waals surface area (Å²) in [5.41, 5.74) is 1.06. The van der Waals surface area contributed by atoms with Crippen LogP contribution in [0.5, 0.6) is 0 Å². The number of aliphatic hydroxyl groups is 1. The van der Waals surface area contributed by atoms with Gasteiger partial charge in [-0.2, -0.15) is 0 Å². The molecule has 0 aromatic rings. The van der Waals surface area contributed by atoms with Crippen LogP contribution in [0.15, 0.2) is 24.3 Å². The highest BCUT2D eigenvalue weighted by Crippen LogP contribution is 2.66. The molecule has 3 fully saturated rings. The maximum absolute atomic E-state index is 11.7. The number of aliphatic hydroxyl groups excluding tert-OH is 1. The number of hydrogen-bond acceptors (Lipinski definition) is 5. The molecule has 0 radical (unpaired) electrons. The third kappa shape index (κ3) is 3.34. The molecule has 0 bridgehead atoms. The van der Waals surface area contributed by atoms with Gasteiger partial charge < -0.3 is 14.6 Å². The van der Waals surface area contributed by atoms with Gasteiger partial charge in [0, 0.05) is 25.7 Å². The number of carbonyl (C=O) groups excluding carboxylic acids is 2. The SMILES string of the molecule is C=C[C@H]1CC[C@H]2[C@@H]3[C@H](O)C=C4C[C@H](OC(C)=O)CC[C@]4(COC(C)=O)[C@H]3CC[C@]12C. The molecular formula is C25H36O5. The van der Waals surface area contributed by atoms with Crippen molar-refractivity contribution in [3.63, 3.8) is 0 Å². The van der Waals surface area contributed by atoms with E-state index >= 15 is 0 Å². The molecule has 0 spiro atoms. The molecule has 0 aliphatic heterocycles. The number of allylic oxidation sites excluding steroid dienone is 1. The van der Waals surface area contributed by atoms with E-state index in [2.05, 4.69) is 19.6 Å². The zero-order valence-electron chi connectivity index (χ0n) is 18.6. The van der Waals surface area contributed by atoms with Crippen LogP contribution in [0.1, 0.15) is 65.7 Å². The second-order valence-corrected chi connectivity index (χ2v) is 10.3. The summed E-state index contributed by atoms with van der Waals surface area (Å²) in [4.78, 5) is 23.2. The lowest BCUT2D eigenvalue weighted by atomic mass is 9.46. The molecule has 30 heavy (non-hydrogen) atoms. The first-order chi connectivity index (χ1) is 14.2. The summed E-state index contributed by atoms with van der Waals surface area (Å²) in [7, 11) is 0. The summed E-state index contributed by atoms with van der Waals surface area (Å²) in [6.07, 6.45) is 10.1. The number of ether oxygens (including phenoxy) is 2. The number of rotatable bonds is 4. The normalized spacial score (nSPS) is 44.7. The van der Waals surface area contributed by atoms with Crippen molar-refractivity contribution in [1.82, 2.24) is 0 Å². The molecule has 4 rings (SSSR count). The molecule has 0 aromatic heterocycles. The first-order valence-electron chi connectivity index (χ1n) is 11.5. The van der Waals surface area contributed by atoms with Crippen LogP contribution in [-0.2, 0) is 19.1 Å². The summed E-state index contributed by atoms with van der Waals surface area (Å²) in [5.74, 6) is 0.890. The number of carbonyl (C=O) groups is 2. The molecule has 166 valence electrons. The summed E-state index contributed by atoms with van der Waals surface area (Å²) in [5, 5.41) is 11.3. The van der Waals surface area contributed by atoms with E-state index in [9.17, 15) is 14.7 Å². The summed E-state index contributed by atoms with van der Waals surface area (Å²) in [6, 6.07) is 0. The fourth-order valence-corrected chi connectivity index (χ4v) is 7.69. The van der Waals surface area contributed by atoms with Crippen molar-refractivity contribution < 1.29 is 24.2 Å². The van der Waals surface area contributed by atoms with E-state index in [1.807, 2.05) is 6.08 Å². The molecule has 4 aliphatic carbocycles. The van der Waals surface area contributed by atoms with Crippen LogP contribution in [0, 0.1) is 34.5 Å². The Morgan fingerprint density at radius 3 is 2.60 bits per heavy atom. The minimum Gasteiger partial charge on any atom is -0.465 e. The Hall–Kier alpha value is -1.62. The second kappa shape index (κ2) is 7.81. The van der Waals surface area contributed by atoms with Crippen molar-refractivity contribution in [2.45, 2.75) is 77.9 Å². The van der Waals surface area contributed by atoms with Gasteiger partial charge in [0.1, 0.15) is 12.7 Å². The third-order valence-corrected chi connectivity index (χ3v) is 9.03. The second-order valence-electron chi connectivity index (χ2n) is 10.3. The number of hydrogen-bond donors (Lipinski definition) is 1. The van der Waals surface area contributed by atoms with Gasteiger partial charge in [0.05, 0.1) is 6.10 Å². The van der Waals surface area contributed by atoms with Crippen LogP contribution < -0.4 is 0 Å². The number of esters is 2. The van der Waals surface area contributed by atoms with Crippen LogP contribution in [0.25, 0.3) is 0 Å². The molecule has 4 aliphatic rings. The number of fused-ring (bicyclic) bond motifs is 5. The van der Waals surface area contributed by atoms with Gasteiger partial charge in [-0.25, -0.2) is 0 Å². The first kappa shape index (κ1) is 21.6. The third-order valence-electron chi connectivity index (χ3n) is 9.03. The summed E-state index contributed by atoms with van der Waals surface area (Å²) < 4.78 is 11.2.